The van der Waals surface area contributed by atoms with Gasteiger partial charge in [0.1, 0.15) is 0 Å². The third-order valence-electron chi connectivity index (χ3n) is 3.66. The smallest absolute Gasteiger partial charge is 0.251 e. The van der Waals surface area contributed by atoms with E-state index in [2.05, 4.69) is 29.4 Å². The molecule has 4 nitrogen and oxygen atoms in total. The highest BCUT2D eigenvalue weighted by molar-refractivity contribution is 5.96. The maximum atomic E-state index is 12.2. The standard InChI is InChI=1S/C18H23N3O.2ClH/c1-14-9-10-15(19)13-17(14)18(22)20-11-6-12-21(2)16-7-4-3-5-8-16;;/h3-5,7-10,13H,6,11-12,19H2,1-2H3,(H,20,22);2*1H. The Morgan fingerprint density at radius 1 is 1.12 bits per heavy atom. The monoisotopic (exact) mass is 369 g/mol. The zero-order valence-corrected chi connectivity index (χ0v) is 15.6. The first-order valence-electron chi connectivity index (χ1n) is 7.48. The molecular weight excluding hydrogens is 345 g/mol. The van der Waals surface area contributed by atoms with Crippen LogP contribution in [-0.2, 0) is 0 Å². The van der Waals surface area contributed by atoms with Gasteiger partial charge in [-0.05, 0) is 43.2 Å². The summed E-state index contributed by atoms with van der Waals surface area (Å²) in [5, 5.41) is 2.95. The highest BCUT2D eigenvalue weighted by Crippen LogP contribution is 2.13. The number of amides is 1. The molecule has 3 N–H and O–H groups in total. The molecule has 0 fully saturated rings. The molecule has 2 aromatic rings. The van der Waals surface area contributed by atoms with E-state index >= 15 is 0 Å². The molecule has 0 saturated carbocycles. The Bertz CT molecular complexity index is 635. The lowest BCUT2D eigenvalue weighted by Crippen LogP contribution is -2.28. The third kappa shape index (κ3) is 6.30. The number of rotatable bonds is 6. The van der Waals surface area contributed by atoms with Gasteiger partial charge in [0.05, 0.1) is 0 Å². The summed E-state index contributed by atoms with van der Waals surface area (Å²) in [7, 11) is 2.05. The molecule has 0 unspecified atom stereocenters. The first-order valence-corrected chi connectivity index (χ1v) is 7.48. The average molecular weight is 370 g/mol. The van der Waals surface area contributed by atoms with Gasteiger partial charge in [-0.3, -0.25) is 4.79 Å². The second-order valence-corrected chi connectivity index (χ2v) is 5.44. The van der Waals surface area contributed by atoms with Crippen molar-refractivity contribution in [2.24, 2.45) is 0 Å². The van der Waals surface area contributed by atoms with Crippen LogP contribution in [0.5, 0.6) is 0 Å². The average Bonchev–Trinajstić information content (AvgIpc) is 2.54. The minimum absolute atomic E-state index is 0. The van der Waals surface area contributed by atoms with E-state index in [-0.39, 0.29) is 30.7 Å². The third-order valence-corrected chi connectivity index (χ3v) is 3.66. The Balaban J connectivity index is 0.00000264. The van der Waals surface area contributed by atoms with Gasteiger partial charge in [0.2, 0.25) is 0 Å². The Kier molecular flexibility index (Phi) is 9.93. The number of halogens is 2. The van der Waals surface area contributed by atoms with Crippen LogP contribution in [0.4, 0.5) is 11.4 Å². The molecule has 6 heteroatoms. The SMILES string of the molecule is Cc1ccc(N)cc1C(=O)NCCCN(C)c1ccccc1.Cl.Cl. The van der Waals surface area contributed by atoms with Crippen LogP contribution >= 0.6 is 24.8 Å². The minimum Gasteiger partial charge on any atom is -0.399 e. The van der Waals surface area contributed by atoms with E-state index in [1.807, 2.05) is 31.2 Å². The van der Waals surface area contributed by atoms with Gasteiger partial charge in [-0.2, -0.15) is 0 Å². The number of hydrogen-bond donors (Lipinski definition) is 2. The number of aryl methyl sites for hydroxylation is 1. The van der Waals surface area contributed by atoms with Gasteiger partial charge in [0.15, 0.2) is 0 Å². The number of nitrogens with zero attached hydrogens (tertiary/aromatic N) is 1. The quantitative estimate of drug-likeness (QED) is 0.603. The normalized spacial score (nSPS) is 9.42. The van der Waals surface area contributed by atoms with Crippen LogP contribution < -0.4 is 16.0 Å². The fraction of sp³-hybridized carbons (Fsp3) is 0.278. The molecule has 0 radical (unpaired) electrons. The number of hydrogen-bond acceptors (Lipinski definition) is 3. The number of nitrogen functional groups attached to an aromatic ring is 1. The van der Waals surface area contributed by atoms with Crippen LogP contribution in [-0.4, -0.2) is 26.0 Å². The van der Waals surface area contributed by atoms with Gasteiger partial charge in [-0.15, -0.1) is 24.8 Å². The summed E-state index contributed by atoms with van der Waals surface area (Å²) in [6, 6.07) is 15.6. The maximum absolute atomic E-state index is 12.2. The minimum atomic E-state index is -0.0628. The lowest BCUT2D eigenvalue weighted by molar-refractivity contribution is 0.0953. The number of carbonyl (C=O) groups excluding carboxylic acids is 1. The number of nitrogens with two attached hydrogens (primary N) is 1. The lowest BCUT2D eigenvalue weighted by atomic mass is 10.1. The van der Waals surface area contributed by atoms with Crippen molar-refractivity contribution < 1.29 is 4.79 Å². The van der Waals surface area contributed by atoms with E-state index in [1.54, 1.807) is 12.1 Å². The molecule has 0 saturated heterocycles. The molecule has 132 valence electrons. The molecule has 0 aliphatic heterocycles. The Hall–Kier alpha value is -1.91. The van der Waals surface area contributed by atoms with E-state index in [9.17, 15) is 4.79 Å². The first kappa shape index (κ1) is 22.1. The molecule has 1 amide bonds. The van der Waals surface area contributed by atoms with Crippen molar-refractivity contribution in [3.63, 3.8) is 0 Å². The van der Waals surface area contributed by atoms with Crippen LogP contribution in [0.15, 0.2) is 48.5 Å². The predicted octanol–water partition coefficient (Wildman–Crippen LogP) is 3.68. The van der Waals surface area contributed by atoms with Crippen molar-refractivity contribution in [2.75, 3.05) is 30.8 Å². The Morgan fingerprint density at radius 3 is 2.46 bits per heavy atom. The van der Waals surface area contributed by atoms with Crippen molar-refractivity contribution >= 4 is 42.1 Å². The number of benzene rings is 2. The van der Waals surface area contributed by atoms with Gasteiger partial charge < -0.3 is 16.0 Å². The van der Waals surface area contributed by atoms with Crippen LogP contribution in [0.2, 0.25) is 0 Å². The van der Waals surface area contributed by atoms with Gasteiger partial charge >= 0.3 is 0 Å². The zero-order chi connectivity index (χ0) is 15.9. The molecule has 0 aromatic heterocycles. The fourth-order valence-electron chi connectivity index (χ4n) is 2.31. The van der Waals surface area contributed by atoms with Crippen LogP contribution in [0.3, 0.4) is 0 Å². The van der Waals surface area contributed by atoms with Gasteiger partial charge in [-0.1, -0.05) is 24.3 Å². The summed E-state index contributed by atoms with van der Waals surface area (Å²) in [5.41, 5.74) is 9.12. The largest absolute Gasteiger partial charge is 0.399 e. The summed E-state index contributed by atoms with van der Waals surface area (Å²) < 4.78 is 0. The molecule has 0 heterocycles. The number of para-hydroxylation sites is 1. The molecule has 2 rings (SSSR count). The van der Waals surface area contributed by atoms with Crippen LogP contribution in [0.1, 0.15) is 22.3 Å². The summed E-state index contributed by atoms with van der Waals surface area (Å²) in [4.78, 5) is 14.3. The van der Waals surface area contributed by atoms with E-state index in [0.29, 0.717) is 17.8 Å². The maximum Gasteiger partial charge on any atom is 0.251 e. The van der Waals surface area contributed by atoms with E-state index in [1.165, 1.54) is 5.69 Å². The molecule has 0 spiro atoms. The van der Waals surface area contributed by atoms with Crippen LogP contribution in [0.25, 0.3) is 0 Å². The zero-order valence-electron chi connectivity index (χ0n) is 14.0. The molecule has 2 aromatic carbocycles. The molecule has 0 atom stereocenters. The van der Waals surface area contributed by atoms with Crippen molar-refractivity contribution in [2.45, 2.75) is 13.3 Å². The predicted molar refractivity (Wildman–Crippen MR) is 107 cm³/mol. The Morgan fingerprint density at radius 2 is 1.79 bits per heavy atom. The van der Waals surface area contributed by atoms with Crippen molar-refractivity contribution in [3.05, 3.63) is 59.7 Å². The molecule has 0 aliphatic carbocycles. The van der Waals surface area contributed by atoms with Crippen molar-refractivity contribution in [1.29, 1.82) is 0 Å². The molecule has 0 aliphatic rings. The second-order valence-electron chi connectivity index (χ2n) is 5.44. The summed E-state index contributed by atoms with van der Waals surface area (Å²) in [6.45, 7) is 3.45. The van der Waals surface area contributed by atoms with Crippen molar-refractivity contribution in [3.8, 4) is 0 Å². The molecule has 0 bridgehead atoms. The van der Waals surface area contributed by atoms with E-state index < -0.39 is 0 Å². The lowest BCUT2D eigenvalue weighted by Gasteiger charge is -2.19. The van der Waals surface area contributed by atoms with E-state index in [4.69, 9.17) is 5.73 Å². The highest BCUT2D eigenvalue weighted by Gasteiger charge is 2.08. The van der Waals surface area contributed by atoms with Crippen LogP contribution in [0, 0.1) is 6.92 Å². The topological polar surface area (TPSA) is 58.4 Å². The summed E-state index contributed by atoms with van der Waals surface area (Å²) in [6.07, 6.45) is 0.887. The number of anilines is 2. The summed E-state index contributed by atoms with van der Waals surface area (Å²) in [5.74, 6) is -0.0628. The van der Waals surface area contributed by atoms with Crippen molar-refractivity contribution in [1.82, 2.24) is 5.32 Å². The second kappa shape index (κ2) is 10.8. The first-order chi connectivity index (χ1) is 10.6. The molecule has 24 heavy (non-hydrogen) atoms. The number of carbonyl (C=O) groups is 1. The van der Waals surface area contributed by atoms with Gasteiger partial charge in [0.25, 0.3) is 5.91 Å². The van der Waals surface area contributed by atoms with Gasteiger partial charge in [0, 0.05) is 37.1 Å². The number of nitrogens with one attached hydrogen (secondary N) is 1. The van der Waals surface area contributed by atoms with Gasteiger partial charge in [-0.25, -0.2) is 0 Å². The highest BCUT2D eigenvalue weighted by atomic mass is 35.5. The van der Waals surface area contributed by atoms with E-state index in [0.717, 1.165) is 18.5 Å². The fourth-order valence-corrected chi connectivity index (χ4v) is 2.31. The summed E-state index contributed by atoms with van der Waals surface area (Å²) >= 11 is 0. The Labute approximate surface area is 156 Å². The molecular formula is C18H25Cl2N3O.